The predicted octanol–water partition coefficient (Wildman–Crippen LogP) is 7.28. The molecule has 0 spiro atoms. The second-order valence-corrected chi connectivity index (χ2v) is 14.3. The molecule has 2 bridgehead atoms. The molecular weight excluding hydrogens is 428 g/mol. The zero-order valence-electron chi connectivity index (χ0n) is 20.2. The maximum atomic E-state index is 5.98. The molecule has 2 aliphatic rings. The average molecular weight is 477 g/mol. The highest BCUT2D eigenvalue weighted by atomic mass is 32.2. The topological polar surface area (TPSA) is 27.7 Å². The number of fused-ring (bicyclic) bond motifs is 2. The van der Waals surface area contributed by atoms with Gasteiger partial charge in [-0.2, -0.15) is 23.5 Å². The summed E-state index contributed by atoms with van der Waals surface area (Å²) in [7, 11) is -2.44. The van der Waals surface area contributed by atoms with Gasteiger partial charge in [0.25, 0.3) is 0 Å². The molecule has 0 aromatic carbocycles. The summed E-state index contributed by atoms with van der Waals surface area (Å²) in [6.45, 7) is 10.5. The molecule has 4 atom stereocenters. The van der Waals surface area contributed by atoms with Crippen molar-refractivity contribution in [2.45, 2.75) is 96.8 Å². The maximum Gasteiger partial charge on any atom is 0.500 e. The van der Waals surface area contributed by atoms with Crippen LogP contribution in [0.5, 0.6) is 0 Å². The molecular formula is C24H48O3S2Si. The van der Waals surface area contributed by atoms with Crippen LogP contribution in [0, 0.1) is 17.8 Å². The van der Waals surface area contributed by atoms with Crippen molar-refractivity contribution in [3.05, 3.63) is 0 Å². The van der Waals surface area contributed by atoms with Crippen LogP contribution in [0.15, 0.2) is 0 Å². The summed E-state index contributed by atoms with van der Waals surface area (Å²) in [4.78, 5) is 0. The first-order valence-electron chi connectivity index (χ1n) is 12.8. The third-order valence-corrected chi connectivity index (χ3v) is 12.5. The Balaban J connectivity index is 1.60. The fourth-order valence-corrected chi connectivity index (χ4v) is 11.0. The summed E-state index contributed by atoms with van der Waals surface area (Å²) in [5, 5.41) is 0.982. The lowest BCUT2D eigenvalue weighted by Gasteiger charge is -2.29. The molecule has 6 heteroatoms. The van der Waals surface area contributed by atoms with Gasteiger partial charge < -0.3 is 13.3 Å². The van der Waals surface area contributed by atoms with Crippen molar-refractivity contribution in [1.82, 2.24) is 0 Å². The van der Waals surface area contributed by atoms with Gasteiger partial charge in [-0.1, -0.05) is 26.2 Å². The van der Waals surface area contributed by atoms with Gasteiger partial charge in [0.05, 0.1) is 0 Å². The summed E-state index contributed by atoms with van der Waals surface area (Å²) in [6.07, 6.45) is 12.8. The van der Waals surface area contributed by atoms with Gasteiger partial charge in [0.15, 0.2) is 0 Å². The number of thioether (sulfide) groups is 2. The highest BCUT2D eigenvalue weighted by Crippen LogP contribution is 2.54. The van der Waals surface area contributed by atoms with Crippen LogP contribution in [0.4, 0.5) is 0 Å². The lowest BCUT2D eigenvalue weighted by molar-refractivity contribution is 0.0712. The molecule has 2 saturated carbocycles. The summed E-state index contributed by atoms with van der Waals surface area (Å²) in [6, 6.07) is 0.959. The van der Waals surface area contributed by atoms with Crippen molar-refractivity contribution < 1.29 is 13.3 Å². The number of hydrogen-bond donors (Lipinski definition) is 0. The van der Waals surface area contributed by atoms with Crippen LogP contribution in [-0.2, 0) is 13.3 Å². The summed E-state index contributed by atoms with van der Waals surface area (Å²) in [5.74, 6) is 7.02. The molecule has 4 unspecified atom stereocenters. The van der Waals surface area contributed by atoms with Gasteiger partial charge in [-0.25, -0.2) is 0 Å². The smallest absolute Gasteiger partial charge is 0.374 e. The van der Waals surface area contributed by atoms with Crippen LogP contribution in [0.25, 0.3) is 0 Å². The Morgan fingerprint density at radius 1 is 0.767 bits per heavy atom. The zero-order chi connectivity index (χ0) is 21.7. The van der Waals surface area contributed by atoms with Crippen molar-refractivity contribution in [1.29, 1.82) is 0 Å². The Labute approximate surface area is 196 Å². The van der Waals surface area contributed by atoms with Gasteiger partial charge in [-0.15, -0.1) is 0 Å². The minimum atomic E-state index is -2.44. The van der Waals surface area contributed by atoms with E-state index < -0.39 is 8.80 Å². The molecule has 0 saturated heterocycles. The Kier molecular flexibility index (Phi) is 14.1. The van der Waals surface area contributed by atoms with Crippen LogP contribution >= 0.6 is 23.5 Å². The highest BCUT2D eigenvalue weighted by Gasteiger charge is 2.45. The molecule has 178 valence electrons. The Morgan fingerprint density at radius 2 is 1.50 bits per heavy atom. The lowest BCUT2D eigenvalue weighted by Crippen LogP contribution is -2.46. The van der Waals surface area contributed by atoms with Gasteiger partial charge in [0.1, 0.15) is 0 Å². The fourth-order valence-electron chi connectivity index (χ4n) is 5.44. The second-order valence-electron chi connectivity index (χ2n) is 8.95. The minimum Gasteiger partial charge on any atom is -0.374 e. The third kappa shape index (κ3) is 8.97. The van der Waals surface area contributed by atoms with Crippen molar-refractivity contribution in [2.75, 3.05) is 37.1 Å². The third-order valence-electron chi connectivity index (χ3n) is 6.72. The number of hydrogen-bond acceptors (Lipinski definition) is 5. The van der Waals surface area contributed by atoms with E-state index >= 15 is 0 Å². The van der Waals surface area contributed by atoms with E-state index in [0.29, 0.717) is 19.8 Å². The molecule has 0 heterocycles. The summed E-state index contributed by atoms with van der Waals surface area (Å²) in [5.41, 5.74) is 0. The van der Waals surface area contributed by atoms with Crippen molar-refractivity contribution in [3.63, 3.8) is 0 Å². The van der Waals surface area contributed by atoms with E-state index in [1.165, 1.54) is 68.6 Å². The first kappa shape index (κ1) is 27.0. The normalized spacial score (nSPS) is 26.0. The monoisotopic (exact) mass is 476 g/mol. The van der Waals surface area contributed by atoms with Crippen molar-refractivity contribution in [2.24, 2.45) is 17.8 Å². The van der Waals surface area contributed by atoms with Crippen LogP contribution in [-0.4, -0.2) is 51.1 Å². The SMILES string of the molecule is CCCCCCSC1CC2CC(CCSCCC[Si](OCC)(OCC)OCC)C1C2. The molecule has 0 amide bonds. The lowest BCUT2D eigenvalue weighted by atomic mass is 9.86. The summed E-state index contributed by atoms with van der Waals surface area (Å²) >= 11 is 4.46. The van der Waals surface area contributed by atoms with E-state index in [1.54, 1.807) is 0 Å². The van der Waals surface area contributed by atoms with Gasteiger partial charge in [0, 0.05) is 31.1 Å². The van der Waals surface area contributed by atoms with Crippen LogP contribution in [0.1, 0.15) is 85.5 Å². The molecule has 30 heavy (non-hydrogen) atoms. The quantitative estimate of drug-likeness (QED) is 0.144. The fraction of sp³-hybridized carbons (Fsp3) is 1.00. The van der Waals surface area contributed by atoms with E-state index in [1.807, 2.05) is 20.8 Å². The molecule has 2 rings (SSSR count). The minimum absolute atomic E-state index is 0.682. The molecule has 2 aliphatic carbocycles. The molecule has 3 nitrogen and oxygen atoms in total. The van der Waals surface area contributed by atoms with Gasteiger partial charge >= 0.3 is 8.80 Å². The first-order chi connectivity index (χ1) is 14.7. The van der Waals surface area contributed by atoms with Crippen LogP contribution in [0.3, 0.4) is 0 Å². The predicted molar refractivity (Wildman–Crippen MR) is 137 cm³/mol. The highest BCUT2D eigenvalue weighted by molar-refractivity contribution is 8.00. The van der Waals surface area contributed by atoms with E-state index in [0.717, 1.165) is 35.5 Å². The van der Waals surface area contributed by atoms with Gasteiger partial charge in [-0.3, -0.25) is 0 Å². The van der Waals surface area contributed by atoms with Crippen molar-refractivity contribution in [3.8, 4) is 0 Å². The number of rotatable bonds is 19. The largest absolute Gasteiger partial charge is 0.500 e. The molecule has 0 radical (unpaired) electrons. The van der Waals surface area contributed by atoms with Crippen molar-refractivity contribution >= 4 is 32.3 Å². The molecule has 0 N–H and O–H groups in total. The van der Waals surface area contributed by atoms with E-state index in [4.69, 9.17) is 13.3 Å². The summed E-state index contributed by atoms with van der Waals surface area (Å²) < 4.78 is 17.9. The Bertz CT molecular complexity index is 424. The standard InChI is InChI=1S/C24H48O3S2Si/c1-5-9-10-11-15-29-24-20-21-18-22(23(24)19-21)13-16-28-14-12-17-30(25-6-2,26-7-3)27-8-4/h21-24H,5-20H2,1-4H3. The van der Waals surface area contributed by atoms with Gasteiger partial charge in [0.2, 0.25) is 0 Å². The molecule has 2 fully saturated rings. The molecule has 0 aromatic heterocycles. The van der Waals surface area contributed by atoms with Crippen LogP contribution < -0.4 is 0 Å². The van der Waals surface area contributed by atoms with E-state index in [9.17, 15) is 0 Å². The Morgan fingerprint density at radius 3 is 2.13 bits per heavy atom. The average Bonchev–Trinajstić information content (AvgIpc) is 3.31. The maximum absolute atomic E-state index is 5.98. The molecule has 0 aromatic rings. The second kappa shape index (κ2) is 15.6. The number of unbranched alkanes of at least 4 members (excludes halogenated alkanes) is 3. The van der Waals surface area contributed by atoms with Crippen LogP contribution in [0.2, 0.25) is 6.04 Å². The Hall–Kier alpha value is 0.797. The van der Waals surface area contributed by atoms with E-state index in [2.05, 4.69) is 30.4 Å². The first-order valence-corrected chi connectivity index (χ1v) is 16.9. The molecule has 0 aliphatic heterocycles. The van der Waals surface area contributed by atoms with E-state index in [-0.39, 0.29) is 0 Å². The van der Waals surface area contributed by atoms with Gasteiger partial charge in [-0.05, 0) is 94.3 Å². The zero-order valence-corrected chi connectivity index (χ0v) is 22.8.